The Labute approximate surface area is 109 Å². The fraction of sp³-hybridized carbons (Fsp3) is 0.500. The number of esters is 1. The van der Waals surface area contributed by atoms with E-state index in [9.17, 15) is 9.59 Å². The molecular weight excluding hydrogens is 248 g/mol. The largest absolute Gasteiger partial charge is 0.468 e. The number of fused-ring (bicyclic) bond motifs is 1. The number of carbonyl (C=O) groups excluding carboxylic acids is 1. The van der Waals surface area contributed by atoms with Crippen LogP contribution < -0.4 is 5.56 Å². The maximum Gasteiger partial charge on any atom is 0.327 e. The van der Waals surface area contributed by atoms with Gasteiger partial charge in [0.25, 0.3) is 5.56 Å². The predicted octanol–water partition coefficient (Wildman–Crippen LogP) is 0.422. The minimum absolute atomic E-state index is 0.0549. The number of aromatic nitrogens is 4. The molecule has 7 heteroatoms. The van der Waals surface area contributed by atoms with Crippen molar-refractivity contribution in [3.63, 3.8) is 0 Å². The molecule has 19 heavy (non-hydrogen) atoms. The van der Waals surface area contributed by atoms with E-state index in [2.05, 4.69) is 14.8 Å². The van der Waals surface area contributed by atoms with Gasteiger partial charge in [-0.2, -0.15) is 5.10 Å². The highest BCUT2D eigenvalue weighted by Gasteiger charge is 2.13. The Bertz CT molecular complexity index is 657. The van der Waals surface area contributed by atoms with Gasteiger partial charge in [-0.15, -0.1) is 0 Å². The van der Waals surface area contributed by atoms with Gasteiger partial charge in [0.2, 0.25) is 0 Å². The number of hydrogen-bond acceptors (Lipinski definition) is 5. The summed E-state index contributed by atoms with van der Waals surface area (Å²) >= 11 is 0. The third kappa shape index (κ3) is 2.64. The van der Waals surface area contributed by atoms with Crippen LogP contribution in [0.1, 0.15) is 13.8 Å². The summed E-state index contributed by atoms with van der Waals surface area (Å²) in [6.07, 6.45) is 2.92. The summed E-state index contributed by atoms with van der Waals surface area (Å²) in [5, 5.41) is 4.41. The lowest BCUT2D eigenvalue weighted by atomic mass is 10.2. The maximum absolute atomic E-state index is 12.2. The van der Waals surface area contributed by atoms with Crippen molar-refractivity contribution in [1.29, 1.82) is 0 Å². The Morgan fingerprint density at radius 3 is 2.84 bits per heavy atom. The summed E-state index contributed by atoms with van der Waals surface area (Å²) < 4.78 is 7.48. The Hall–Kier alpha value is -2.18. The van der Waals surface area contributed by atoms with Crippen molar-refractivity contribution in [1.82, 2.24) is 19.3 Å². The zero-order valence-corrected chi connectivity index (χ0v) is 11.2. The number of nitrogens with zero attached hydrogens (tertiary/aromatic N) is 4. The van der Waals surface area contributed by atoms with E-state index in [0.717, 1.165) is 0 Å². The monoisotopic (exact) mass is 264 g/mol. The van der Waals surface area contributed by atoms with Crippen LogP contribution in [0.3, 0.4) is 0 Å². The normalized spacial score (nSPS) is 11.2. The zero-order valence-electron chi connectivity index (χ0n) is 11.2. The van der Waals surface area contributed by atoms with E-state index in [1.165, 1.54) is 24.3 Å². The minimum atomic E-state index is -0.432. The quantitative estimate of drug-likeness (QED) is 0.748. The first-order valence-electron chi connectivity index (χ1n) is 6.00. The molecular formula is C12H16N4O3. The van der Waals surface area contributed by atoms with E-state index in [4.69, 9.17) is 0 Å². The van der Waals surface area contributed by atoms with E-state index in [1.807, 2.05) is 13.8 Å². The second kappa shape index (κ2) is 5.21. The molecule has 7 nitrogen and oxygen atoms in total. The van der Waals surface area contributed by atoms with Crippen LogP contribution in [0.25, 0.3) is 11.0 Å². The summed E-state index contributed by atoms with van der Waals surface area (Å²) in [6, 6.07) is 0. The summed E-state index contributed by atoms with van der Waals surface area (Å²) in [5.74, 6) is -0.0831. The van der Waals surface area contributed by atoms with Gasteiger partial charge < -0.3 is 4.74 Å². The van der Waals surface area contributed by atoms with E-state index in [0.29, 0.717) is 23.5 Å². The third-order valence-corrected chi connectivity index (χ3v) is 2.69. The Balaban J connectivity index is 2.43. The van der Waals surface area contributed by atoms with Gasteiger partial charge in [-0.05, 0) is 5.92 Å². The van der Waals surface area contributed by atoms with E-state index < -0.39 is 5.97 Å². The molecule has 0 aromatic carbocycles. The van der Waals surface area contributed by atoms with Crippen LogP contribution in [-0.2, 0) is 22.6 Å². The SMILES string of the molecule is COC(=O)Cn1ncc2c(=O)n(CC(C)C)cnc21. The Kier molecular flexibility index (Phi) is 3.64. The van der Waals surface area contributed by atoms with Crippen molar-refractivity contribution in [2.24, 2.45) is 5.92 Å². The second-order valence-corrected chi connectivity index (χ2v) is 4.71. The van der Waals surface area contributed by atoms with Gasteiger partial charge in [0.15, 0.2) is 5.65 Å². The molecule has 0 spiro atoms. The van der Waals surface area contributed by atoms with Crippen molar-refractivity contribution in [2.75, 3.05) is 7.11 Å². The molecule has 2 heterocycles. The van der Waals surface area contributed by atoms with E-state index >= 15 is 0 Å². The molecule has 0 aliphatic rings. The molecule has 0 bridgehead atoms. The molecule has 102 valence electrons. The van der Waals surface area contributed by atoms with Crippen LogP contribution in [0, 0.1) is 5.92 Å². The molecule has 0 aliphatic carbocycles. The maximum atomic E-state index is 12.2. The molecule has 2 rings (SSSR count). The summed E-state index contributed by atoms with van der Waals surface area (Å²) in [4.78, 5) is 27.6. The van der Waals surface area contributed by atoms with Gasteiger partial charge in [-0.1, -0.05) is 13.8 Å². The third-order valence-electron chi connectivity index (χ3n) is 2.69. The lowest BCUT2D eigenvalue weighted by Crippen LogP contribution is -2.23. The lowest BCUT2D eigenvalue weighted by Gasteiger charge is -2.07. The highest BCUT2D eigenvalue weighted by atomic mass is 16.5. The molecule has 0 radical (unpaired) electrons. The molecule has 0 saturated heterocycles. The van der Waals surface area contributed by atoms with Crippen LogP contribution in [0.4, 0.5) is 0 Å². The van der Waals surface area contributed by atoms with Gasteiger partial charge in [-0.3, -0.25) is 14.2 Å². The second-order valence-electron chi connectivity index (χ2n) is 4.71. The minimum Gasteiger partial charge on any atom is -0.468 e. The van der Waals surface area contributed by atoms with E-state index in [-0.39, 0.29) is 12.1 Å². The number of ether oxygens (including phenoxy) is 1. The first-order valence-corrected chi connectivity index (χ1v) is 6.00. The fourth-order valence-electron chi connectivity index (χ4n) is 1.82. The van der Waals surface area contributed by atoms with Gasteiger partial charge in [0.05, 0.1) is 19.6 Å². The molecule has 0 amide bonds. The van der Waals surface area contributed by atoms with Gasteiger partial charge in [0, 0.05) is 6.54 Å². The molecule has 0 saturated carbocycles. The molecule has 0 aliphatic heterocycles. The summed E-state index contributed by atoms with van der Waals surface area (Å²) in [5.41, 5.74) is 0.255. The molecule has 2 aromatic rings. The first kappa shape index (κ1) is 13.3. The van der Waals surface area contributed by atoms with Crippen molar-refractivity contribution < 1.29 is 9.53 Å². The molecule has 0 fully saturated rings. The first-order chi connectivity index (χ1) is 9.02. The molecule has 0 atom stereocenters. The number of methoxy groups -OCH3 is 1. The van der Waals surface area contributed by atoms with Crippen LogP contribution in [0.2, 0.25) is 0 Å². The highest BCUT2D eigenvalue weighted by molar-refractivity contribution is 5.76. The van der Waals surface area contributed by atoms with E-state index in [1.54, 1.807) is 4.57 Å². The molecule has 0 N–H and O–H groups in total. The van der Waals surface area contributed by atoms with Gasteiger partial charge in [0.1, 0.15) is 11.9 Å². The van der Waals surface area contributed by atoms with Crippen LogP contribution in [0.15, 0.2) is 17.3 Å². The number of hydrogen-bond donors (Lipinski definition) is 0. The lowest BCUT2D eigenvalue weighted by molar-refractivity contribution is -0.141. The number of carbonyl (C=O) groups is 1. The number of rotatable bonds is 4. The standard InChI is InChI=1S/C12H16N4O3/c1-8(2)5-15-7-13-11-9(12(15)18)4-14-16(11)6-10(17)19-3/h4,7-8H,5-6H2,1-3H3. The molecule has 2 aromatic heterocycles. The van der Waals surface area contributed by atoms with Crippen molar-refractivity contribution in [3.8, 4) is 0 Å². The van der Waals surface area contributed by atoms with Crippen molar-refractivity contribution >= 4 is 17.0 Å². The van der Waals surface area contributed by atoms with Crippen LogP contribution in [0.5, 0.6) is 0 Å². The average Bonchev–Trinajstić information content (AvgIpc) is 2.76. The predicted molar refractivity (Wildman–Crippen MR) is 68.6 cm³/mol. The van der Waals surface area contributed by atoms with Crippen LogP contribution in [-0.4, -0.2) is 32.4 Å². The Morgan fingerprint density at radius 1 is 1.47 bits per heavy atom. The average molecular weight is 264 g/mol. The summed E-state index contributed by atoms with van der Waals surface area (Å²) in [7, 11) is 1.30. The Morgan fingerprint density at radius 2 is 2.21 bits per heavy atom. The van der Waals surface area contributed by atoms with Crippen molar-refractivity contribution in [2.45, 2.75) is 26.9 Å². The zero-order chi connectivity index (χ0) is 14.0. The van der Waals surface area contributed by atoms with Gasteiger partial charge in [-0.25, -0.2) is 9.67 Å². The smallest absolute Gasteiger partial charge is 0.327 e. The van der Waals surface area contributed by atoms with Crippen LogP contribution >= 0.6 is 0 Å². The van der Waals surface area contributed by atoms with Crippen molar-refractivity contribution in [3.05, 3.63) is 22.9 Å². The summed E-state index contributed by atoms with van der Waals surface area (Å²) in [6.45, 7) is 4.60. The highest BCUT2D eigenvalue weighted by Crippen LogP contribution is 2.06. The fourth-order valence-corrected chi connectivity index (χ4v) is 1.82. The topological polar surface area (TPSA) is 79.0 Å². The van der Waals surface area contributed by atoms with Gasteiger partial charge >= 0.3 is 5.97 Å². The molecule has 0 unspecified atom stereocenters.